The Bertz CT molecular complexity index is 1020. The van der Waals surface area contributed by atoms with Gasteiger partial charge in [0.25, 0.3) is 5.95 Å². The fourth-order valence-electron chi connectivity index (χ4n) is 3.37. The van der Waals surface area contributed by atoms with Gasteiger partial charge >= 0.3 is 12.1 Å². The number of benzene rings is 1. The highest BCUT2D eigenvalue weighted by atomic mass is 19.4. The van der Waals surface area contributed by atoms with Gasteiger partial charge in [0.15, 0.2) is 0 Å². The largest absolute Gasteiger partial charge is 0.490 e. The monoisotopic (exact) mass is 439 g/mol. The van der Waals surface area contributed by atoms with Crippen molar-refractivity contribution >= 4 is 16.9 Å². The van der Waals surface area contributed by atoms with Crippen molar-refractivity contribution < 1.29 is 27.6 Å². The molecular weight excluding hydrogens is 415 g/mol. The number of fused-ring (bicyclic) bond motifs is 1. The number of piperidine rings is 1. The van der Waals surface area contributed by atoms with Crippen molar-refractivity contribution in [1.29, 1.82) is 0 Å². The lowest BCUT2D eigenvalue weighted by atomic mass is 9.98. The van der Waals surface area contributed by atoms with E-state index in [1.54, 1.807) is 0 Å². The van der Waals surface area contributed by atoms with Crippen molar-refractivity contribution in [3.8, 4) is 5.95 Å². The van der Waals surface area contributed by atoms with E-state index in [0.717, 1.165) is 49.5 Å². The molecule has 2 aromatic heterocycles. The second-order valence-electron chi connectivity index (χ2n) is 7.73. The number of carbonyl (C=O) groups is 1. The molecule has 31 heavy (non-hydrogen) atoms. The van der Waals surface area contributed by atoms with Crippen molar-refractivity contribution in [2.45, 2.75) is 45.2 Å². The van der Waals surface area contributed by atoms with E-state index >= 15 is 0 Å². The van der Waals surface area contributed by atoms with Crippen LogP contribution >= 0.6 is 0 Å². The molecule has 1 saturated heterocycles. The maximum atomic E-state index is 10.6. The zero-order valence-corrected chi connectivity index (χ0v) is 17.2. The number of para-hydroxylation sites is 1. The molecule has 0 radical (unpaired) electrons. The third-order valence-electron chi connectivity index (χ3n) is 4.82. The van der Waals surface area contributed by atoms with E-state index in [9.17, 15) is 13.2 Å². The highest BCUT2D eigenvalue weighted by Gasteiger charge is 2.38. The maximum absolute atomic E-state index is 10.6. The van der Waals surface area contributed by atoms with Gasteiger partial charge in [0.05, 0.1) is 11.2 Å². The number of nitrogens with zero attached hydrogens (tertiary/aromatic N) is 4. The first-order valence-corrected chi connectivity index (χ1v) is 9.98. The Morgan fingerprint density at radius 3 is 2.55 bits per heavy atom. The van der Waals surface area contributed by atoms with Crippen LogP contribution in [-0.4, -0.2) is 50.3 Å². The summed E-state index contributed by atoms with van der Waals surface area (Å²) in [6, 6.07) is 8.25. The van der Waals surface area contributed by atoms with E-state index in [1.165, 1.54) is 5.39 Å². The Morgan fingerprint density at radius 1 is 1.29 bits per heavy atom. The predicted octanol–water partition coefficient (Wildman–Crippen LogP) is 3.71. The zero-order valence-electron chi connectivity index (χ0n) is 17.2. The minimum absolute atomic E-state index is 0.351. The van der Waals surface area contributed by atoms with E-state index in [4.69, 9.17) is 19.5 Å². The molecule has 1 fully saturated rings. The van der Waals surface area contributed by atoms with Gasteiger partial charge in [0.1, 0.15) is 0 Å². The summed E-state index contributed by atoms with van der Waals surface area (Å²) in [7, 11) is 0. The number of hydrogen-bond acceptors (Lipinski definition) is 6. The van der Waals surface area contributed by atoms with Crippen LogP contribution in [0, 0.1) is 5.92 Å². The molecule has 0 spiro atoms. The van der Waals surface area contributed by atoms with Crippen LogP contribution in [0.3, 0.4) is 0 Å². The predicted molar refractivity (Wildman–Crippen MR) is 106 cm³/mol. The highest BCUT2D eigenvalue weighted by molar-refractivity contribution is 5.83. The molecule has 0 saturated carbocycles. The van der Waals surface area contributed by atoms with Gasteiger partial charge in [-0.05, 0) is 49.5 Å². The topological polar surface area (TPSA) is 106 Å². The van der Waals surface area contributed by atoms with Crippen molar-refractivity contribution in [2.24, 2.45) is 5.92 Å². The van der Waals surface area contributed by atoms with Gasteiger partial charge in [-0.3, -0.25) is 0 Å². The third-order valence-corrected chi connectivity index (χ3v) is 4.82. The van der Waals surface area contributed by atoms with E-state index in [1.807, 2.05) is 10.7 Å². The molecule has 0 unspecified atom stereocenters. The fourth-order valence-corrected chi connectivity index (χ4v) is 3.37. The van der Waals surface area contributed by atoms with Crippen LogP contribution in [0.15, 0.2) is 28.8 Å². The first-order valence-electron chi connectivity index (χ1n) is 9.98. The van der Waals surface area contributed by atoms with Gasteiger partial charge in [-0.15, -0.1) is 0 Å². The number of carboxylic acids is 1. The van der Waals surface area contributed by atoms with Gasteiger partial charge in [-0.25, -0.2) is 4.79 Å². The molecule has 3 aromatic rings. The van der Waals surface area contributed by atoms with E-state index in [-0.39, 0.29) is 0 Å². The lowest BCUT2D eigenvalue weighted by Crippen LogP contribution is -2.26. The van der Waals surface area contributed by atoms with E-state index in [2.05, 4.69) is 47.5 Å². The minimum atomic E-state index is -5.08. The number of halogens is 3. The average Bonchev–Trinajstić information content (AvgIpc) is 3.34. The van der Waals surface area contributed by atoms with Crippen LogP contribution in [0.1, 0.15) is 44.2 Å². The summed E-state index contributed by atoms with van der Waals surface area (Å²) >= 11 is 0. The quantitative estimate of drug-likeness (QED) is 0.638. The van der Waals surface area contributed by atoms with E-state index < -0.39 is 12.1 Å². The summed E-state index contributed by atoms with van der Waals surface area (Å²) in [5.41, 5.74) is 2.12. The van der Waals surface area contributed by atoms with Crippen molar-refractivity contribution in [1.82, 2.24) is 25.2 Å². The average molecular weight is 439 g/mol. The molecule has 1 aliphatic rings. The second kappa shape index (κ2) is 9.46. The number of hydrogen-bond donors (Lipinski definition) is 2. The molecule has 8 nitrogen and oxygen atoms in total. The molecule has 0 amide bonds. The summed E-state index contributed by atoms with van der Waals surface area (Å²) in [4.78, 5) is 13.5. The van der Waals surface area contributed by atoms with E-state index in [0.29, 0.717) is 17.8 Å². The lowest BCUT2D eigenvalue weighted by molar-refractivity contribution is -0.192. The molecule has 4 rings (SSSR count). The van der Waals surface area contributed by atoms with Gasteiger partial charge in [-0.2, -0.15) is 27.9 Å². The summed E-state index contributed by atoms with van der Waals surface area (Å²) in [6.07, 6.45) is -2.06. The summed E-state index contributed by atoms with van der Waals surface area (Å²) in [5.74, 6) is -0.587. The summed E-state index contributed by atoms with van der Waals surface area (Å²) in [6.45, 7) is 6.42. The molecular formula is C20H24F3N5O3. The SMILES string of the molecule is CC(C)Cc1nn(-c2noc(C3CCNCC3)n2)c2ccccc12.O=C(O)C(F)(F)F. The maximum Gasteiger partial charge on any atom is 0.490 e. The fraction of sp³-hybridized carbons (Fsp3) is 0.500. The smallest absolute Gasteiger partial charge is 0.475 e. The standard InChI is InChI=1S/C18H23N5O.C2HF3O2/c1-12(2)11-15-14-5-3-4-6-16(14)23(21-15)18-20-17(24-22-18)13-7-9-19-10-8-13;3-2(4,5)1(6)7/h3-6,12-13,19H,7-11H2,1-2H3;(H,6,7). The normalized spacial score (nSPS) is 15.2. The second-order valence-corrected chi connectivity index (χ2v) is 7.73. The first-order chi connectivity index (χ1) is 14.7. The van der Waals surface area contributed by atoms with Crippen molar-refractivity contribution in [3.05, 3.63) is 35.9 Å². The van der Waals surface area contributed by atoms with Crippen LogP contribution in [-0.2, 0) is 11.2 Å². The Labute approximate surface area is 176 Å². The molecule has 0 bridgehead atoms. The molecule has 3 heterocycles. The van der Waals surface area contributed by atoms with Crippen molar-refractivity contribution in [2.75, 3.05) is 13.1 Å². The summed E-state index contributed by atoms with van der Waals surface area (Å²) < 4.78 is 39.1. The van der Waals surface area contributed by atoms with Gasteiger partial charge < -0.3 is 14.9 Å². The number of carboxylic acid groups (broad SMARTS) is 1. The first kappa shape index (κ1) is 22.7. The van der Waals surface area contributed by atoms with Gasteiger partial charge in [-0.1, -0.05) is 32.0 Å². The minimum Gasteiger partial charge on any atom is -0.475 e. The molecule has 168 valence electrons. The highest BCUT2D eigenvalue weighted by Crippen LogP contribution is 2.26. The molecule has 11 heteroatoms. The Balaban J connectivity index is 0.000000339. The van der Waals surface area contributed by atoms with Gasteiger partial charge in [0, 0.05) is 11.3 Å². The molecule has 2 N–H and O–H groups in total. The number of aromatic nitrogens is 4. The van der Waals surface area contributed by atoms with Crippen LogP contribution in [0.25, 0.3) is 16.9 Å². The number of rotatable bonds is 4. The Kier molecular flexibility index (Phi) is 6.94. The molecule has 1 aromatic carbocycles. The third kappa shape index (κ3) is 5.60. The Morgan fingerprint density at radius 2 is 1.94 bits per heavy atom. The van der Waals surface area contributed by atoms with Gasteiger partial charge in [0.2, 0.25) is 5.89 Å². The van der Waals surface area contributed by atoms with Crippen LogP contribution < -0.4 is 5.32 Å². The molecule has 1 aliphatic heterocycles. The Hall–Kier alpha value is -2.95. The molecule has 0 aliphatic carbocycles. The van der Waals surface area contributed by atoms with Crippen molar-refractivity contribution in [3.63, 3.8) is 0 Å². The van der Waals surface area contributed by atoms with Crippen LogP contribution in [0.4, 0.5) is 13.2 Å². The van der Waals surface area contributed by atoms with Crippen LogP contribution in [0.2, 0.25) is 0 Å². The number of aliphatic carboxylic acids is 1. The summed E-state index contributed by atoms with van der Waals surface area (Å²) in [5, 5.41) is 20.6. The lowest BCUT2D eigenvalue weighted by Gasteiger charge is -2.18. The number of alkyl halides is 3. The molecule has 0 atom stereocenters. The van der Waals surface area contributed by atoms with Crippen LogP contribution in [0.5, 0.6) is 0 Å². The zero-order chi connectivity index (χ0) is 22.6. The number of nitrogens with one attached hydrogen (secondary N) is 1.